The van der Waals surface area contributed by atoms with Gasteiger partial charge >= 0.3 is 0 Å². The molecule has 0 aliphatic carbocycles. The van der Waals surface area contributed by atoms with Gasteiger partial charge in [0, 0.05) is 6.42 Å². The molecule has 12 atom stereocenters. The van der Waals surface area contributed by atoms with Gasteiger partial charge in [-0.1, -0.05) is 168 Å². The quantitative estimate of drug-likeness (QED) is 0.0377. The molecule has 1 amide bonds. The van der Waals surface area contributed by atoms with Crippen molar-refractivity contribution in [3.05, 3.63) is 0 Å². The summed E-state index contributed by atoms with van der Waals surface area (Å²) in [5.74, 6) is -0.207. The Hall–Kier alpha value is -1.01. The standard InChI is InChI=1S/C45H87NO13/c1-3-5-7-9-11-13-14-15-16-17-18-19-21-23-25-27-29-37(50)46-33(34(49)28-26-24-22-20-12-10-8-6-4-2)32-56-44-42(55)40(53)43(36(31-48)58-44)59-45-41(54)39(52)38(51)35(30-47)57-45/h33-36,38-45,47-49,51-55H,3-32H2,1-2H3,(H,46,50). The molecular formula is C45H87NO13. The maximum Gasteiger partial charge on any atom is 0.220 e. The van der Waals surface area contributed by atoms with E-state index < -0.39 is 86.8 Å². The molecule has 14 nitrogen and oxygen atoms in total. The van der Waals surface area contributed by atoms with Crippen LogP contribution in [0.15, 0.2) is 0 Å². The van der Waals surface area contributed by atoms with Crippen molar-refractivity contribution in [3.63, 3.8) is 0 Å². The number of hydrogen-bond acceptors (Lipinski definition) is 13. The average molecular weight is 850 g/mol. The molecule has 2 saturated heterocycles. The van der Waals surface area contributed by atoms with Gasteiger partial charge < -0.3 is 65.1 Å². The van der Waals surface area contributed by atoms with Gasteiger partial charge in [-0.2, -0.15) is 0 Å². The van der Waals surface area contributed by atoms with Crippen LogP contribution in [-0.2, 0) is 23.7 Å². The number of aliphatic hydroxyl groups excluding tert-OH is 8. The first-order valence-corrected chi connectivity index (χ1v) is 23.8. The van der Waals surface area contributed by atoms with Gasteiger partial charge in [-0.05, 0) is 12.8 Å². The zero-order valence-electron chi connectivity index (χ0n) is 36.8. The Morgan fingerprint density at radius 1 is 0.542 bits per heavy atom. The lowest BCUT2D eigenvalue weighted by Gasteiger charge is -2.46. The summed E-state index contributed by atoms with van der Waals surface area (Å²) in [5.41, 5.74) is 0. The largest absolute Gasteiger partial charge is 0.394 e. The molecular weight excluding hydrogens is 762 g/mol. The van der Waals surface area contributed by atoms with Crippen LogP contribution in [0.3, 0.4) is 0 Å². The first-order chi connectivity index (χ1) is 28.6. The van der Waals surface area contributed by atoms with E-state index in [0.29, 0.717) is 12.8 Å². The molecule has 2 aliphatic heterocycles. The molecule has 0 saturated carbocycles. The van der Waals surface area contributed by atoms with Gasteiger partial charge in [-0.15, -0.1) is 0 Å². The summed E-state index contributed by atoms with van der Waals surface area (Å²) in [6.45, 7) is 2.82. The van der Waals surface area contributed by atoms with Crippen molar-refractivity contribution >= 4 is 5.91 Å². The van der Waals surface area contributed by atoms with Gasteiger partial charge in [0.1, 0.15) is 48.8 Å². The van der Waals surface area contributed by atoms with Gasteiger partial charge in [0.2, 0.25) is 5.91 Å². The minimum Gasteiger partial charge on any atom is -0.394 e. The van der Waals surface area contributed by atoms with Crippen LogP contribution in [0.2, 0.25) is 0 Å². The Balaban J connectivity index is 1.83. The molecule has 0 bridgehead atoms. The number of carbonyl (C=O) groups excluding carboxylic acids is 1. The van der Waals surface area contributed by atoms with Gasteiger partial charge in [-0.3, -0.25) is 4.79 Å². The fourth-order valence-corrected chi connectivity index (χ4v) is 8.12. The van der Waals surface area contributed by atoms with E-state index in [0.717, 1.165) is 51.4 Å². The fourth-order valence-electron chi connectivity index (χ4n) is 8.12. The molecule has 59 heavy (non-hydrogen) atoms. The molecule has 12 unspecified atom stereocenters. The first-order valence-electron chi connectivity index (χ1n) is 23.8. The molecule has 2 heterocycles. The van der Waals surface area contributed by atoms with Crippen molar-refractivity contribution in [2.75, 3.05) is 19.8 Å². The number of ether oxygens (including phenoxy) is 4. The third kappa shape index (κ3) is 21.8. The summed E-state index contributed by atoms with van der Waals surface area (Å²) in [6, 6.07) is -0.818. The lowest BCUT2D eigenvalue weighted by molar-refractivity contribution is -0.359. The number of carbonyl (C=O) groups is 1. The Kier molecular flexibility index (Phi) is 30.8. The third-order valence-corrected chi connectivity index (χ3v) is 12.1. The van der Waals surface area contributed by atoms with Crippen molar-refractivity contribution in [1.29, 1.82) is 0 Å². The number of rotatable bonds is 36. The average Bonchev–Trinajstić information content (AvgIpc) is 3.23. The molecule has 14 heteroatoms. The lowest BCUT2D eigenvalue weighted by Crippen LogP contribution is -2.65. The van der Waals surface area contributed by atoms with E-state index >= 15 is 0 Å². The second-order valence-corrected chi connectivity index (χ2v) is 17.2. The zero-order chi connectivity index (χ0) is 43.3. The smallest absolute Gasteiger partial charge is 0.220 e. The summed E-state index contributed by atoms with van der Waals surface area (Å²) in [7, 11) is 0. The van der Waals surface area contributed by atoms with E-state index in [9.17, 15) is 45.6 Å². The zero-order valence-corrected chi connectivity index (χ0v) is 36.8. The second kappa shape index (κ2) is 33.5. The lowest BCUT2D eigenvalue weighted by atomic mass is 9.97. The van der Waals surface area contributed by atoms with E-state index in [4.69, 9.17) is 18.9 Å². The fraction of sp³-hybridized carbons (Fsp3) is 0.978. The van der Waals surface area contributed by atoms with Crippen LogP contribution in [0.4, 0.5) is 0 Å². The highest BCUT2D eigenvalue weighted by Gasteiger charge is 2.51. The van der Waals surface area contributed by atoms with E-state index in [1.54, 1.807) is 0 Å². The normalized spacial score (nSPS) is 28.4. The Labute approximate surface area is 355 Å². The minimum atomic E-state index is -1.78. The number of nitrogens with one attached hydrogen (secondary N) is 1. The Morgan fingerprint density at radius 2 is 0.966 bits per heavy atom. The Morgan fingerprint density at radius 3 is 1.44 bits per heavy atom. The van der Waals surface area contributed by atoms with Crippen molar-refractivity contribution in [3.8, 4) is 0 Å². The number of hydrogen-bond donors (Lipinski definition) is 9. The van der Waals surface area contributed by atoms with Gasteiger partial charge in [-0.25, -0.2) is 0 Å². The molecule has 2 aliphatic rings. The van der Waals surface area contributed by atoms with Crippen molar-refractivity contribution in [2.24, 2.45) is 0 Å². The van der Waals surface area contributed by atoms with Crippen molar-refractivity contribution in [1.82, 2.24) is 5.32 Å². The molecule has 0 radical (unpaired) electrons. The van der Waals surface area contributed by atoms with Gasteiger partial charge in [0.25, 0.3) is 0 Å². The molecule has 2 fully saturated rings. The second-order valence-electron chi connectivity index (χ2n) is 17.2. The highest BCUT2D eigenvalue weighted by molar-refractivity contribution is 5.76. The molecule has 2 rings (SSSR count). The summed E-state index contributed by atoms with van der Waals surface area (Å²) >= 11 is 0. The maximum absolute atomic E-state index is 13.1. The molecule has 9 N–H and O–H groups in total. The van der Waals surface area contributed by atoms with Gasteiger partial charge in [0.15, 0.2) is 12.6 Å². The van der Waals surface area contributed by atoms with E-state index in [-0.39, 0.29) is 12.5 Å². The van der Waals surface area contributed by atoms with Crippen LogP contribution >= 0.6 is 0 Å². The van der Waals surface area contributed by atoms with E-state index in [1.165, 1.54) is 109 Å². The monoisotopic (exact) mass is 850 g/mol. The van der Waals surface area contributed by atoms with Crippen LogP contribution in [0.25, 0.3) is 0 Å². The van der Waals surface area contributed by atoms with Crippen molar-refractivity contribution in [2.45, 2.75) is 261 Å². The summed E-state index contributed by atoms with van der Waals surface area (Å²) < 4.78 is 22.7. The molecule has 0 spiro atoms. The highest BCUT2D eigenvalue weighted by Crippen LogP contribution is 2.30. The molecule has 0 aromatic carbocycles. The third-order valence-electron chi connectivity index (χ3n) is 12.1. The number of unbranched alkanes of at least 4 members (excludes halogenated alkanes) is 23. The van der Waals surface area contributed by atoms with Crippen LogP contribution in [0, 0.1) is 0 Å². The molecule has 0 aromatic rings. The summed E-state index contributed by atoms with van der Waals surface area (Å²) in [5, 5.41) is 86.5. The topological polar surface area (TPSA) is 228 Å². The van der Waals surface area contributed by atoms with E-state index in [2.05, 4.69) is 19.2 Å². The van der Waals surface area contributed by atoms with Crippen LogP contribution in [0.1, 0.15) is 187 Å². The molecule has 350 valence electrons. The predicted octanol–water partition coefficient (Wildman–Crippen LogP) is 5.05. The van der Waals surface area contributed by atoms with Crippen LogP contribution in [-0.4, -0.2) is 140 Å². The summed E-state index contributed by atoms with van der Waals surface area (Å²) in [4.78, 5) is 13.1. The highest BCUT2D eigenvalue weighted by atomic mass is 16.7. The van der Waals surface area contributed by atoms with Crippen LogP contribution in [0.5, 0.6) is 0 Å². The number of aliphatic hydroxyl groups is 8. The number of amides is 1. The van der Waals surface area contributed by atoms with Gasteiger partial charge in [0.05, 0.1) is 32.0 Å². The van der Waals surface area contributed by atoms with Crippen molar-refractivity contribution < 1.29 is 64.6 Å². The van der Waals surface area contributed by atoms with Crippen LogP contribution < -0.4 is 5.32 Å². The summed E-state index contributed by atoms with van der Waals surface area (Å²) in [6.07, 6.45) is 14.1. The van der Waals surface area contributed by atoms with E-state index in [1.807, 2.05) is 0 Å². The Bertz CT molecular complexity index is 1010. The predicted molar refractivity (Wildman–Crippen MR) is 226 cm³/mol. The molecule has 0 aromatic heterocycles. The first kappa shape index (κ1) is 54.1. The maximum atomic E-state index is 13.1. The SMILES string of the molecule is CCCCCCCCCCCCCCCCCCC(=O)NC(COC1OC(CO)C(OC2OC(CO)C(O)C(O)C2O)C(O)C1O)C(O)CCCCCCCCCCC. The minimum absolute atomic E-state index is 0.207.